The van der Waals surface area contributed by atoms with Crippen molar-refractivity contribution < 1.29 is 13.9 Å². The quantitative estimate of drug-likeness (QED) is 0.639. The molecule has 0 heterocycles. The number of esters is 1. The number of nitrogens with one attached hydrogen (secondary N) is 1. The predicted octanol–water partition coefficient (Wildman–Crippen LogP) is 2.33. The third-order valence-electron chi connectivity index (χ3n) is 2.76. The highest BCUT2D eigenvalue weighted by Crippen LogP contribution is 2.24. The number of carbonyl (C=O) groups excluding carboxylic acids is 1. The zero-order chi connectivity index (χ0) is 13.9. The number of ether oxygens (including phenoxy) is 1. The lowest BCUT2D eigenvalue weighted by Crippen LogP contribution is -2.35. The highest BCUT2D eigenvalue weighted by atomic mass is 19.1. The molecule has 0 aliphatic rings. The van der Waals surface area contributed by atoms with E-state index in [1.807, 2.05) is 13.8 Å². The molecule has 4 nitrogen and oxygen atoms in total. The zero-order valence-electron chi connectivity index (χ0n) is 11.1. The lowest BCUT2D eigenvalue weighted by Gasteiger charge is -2.22. The molecule has 1 unspecified atom stereocenters. The van der Waals surface area contributed by atoms with Gasteiger partial charge in [0.25, 0.3) is 0 Å². The molecule has 100 valence electrons. The summed E-state index contributed by atoms with van der Waals surface area (Å²) < 4.78 is 18.0. The fourth-order valence-electron chi connectivity index (χ4n) is 1.61. The molecule has 0 saturated carbocycles. The molecule has 1 aromatic rings. The second-order valence-corrected chi connectivity index (χ2v) is 4.58. The molecule has 0 bridgehead atoms. The maximum Gasteiger partial charge on any atom is 0.328 e. The van der Waals surface area contributed by atoms with Crippen molar-refractivity contribution in [3.63, 3.8) is 0 Å². The van der Waals surface area contributed by atoms with Crippen molar-refractivity contribution in [2.24, 2.45) is 5.92 Å². The number of nitrogen functional groups attached to an aromatic ring is 1. The molecule has 0 fully saturated rings. The number of methoxy groups -OCH3 is 1. The van der Waals surface area contributed by atoms with E-state index in [0.29, 0.717) is 11.3 Å². The van der Waals surface area contributed by atoms with Crippen molar-refractivity contribution in [2.45, 2.75) is 26.8 Å². The Hall–Kier alpha value is -1.78. The van der Waals surface area contributed by atoms with Gasteiger partial charge in [0.2, 0.25) is 0 Å². The van der Waals surface area contributed by atoms with Gasteiger partial charge in [-0.3, -0.25) is 0 Å². The first-order valence-electron chi connectivity index (χ1n) is 5.76. The number of benzene rings is 1. The third-order valence-corrected chi connectivity index (χ3v) is 2.76. The molecule has 3 N–H and O–H groups in total. The Balaban J connectivity index is 3.01. The molecule has 0 aromatic heterocycles. The minimum atomic E-state index is -0.512. The molecule has 5 heteroatoms. The number of rotatable bonds is 4. The van der Waals surface area contributed by atoms with Gasteiger partial charge in [0.05, 0.1) is 18.5 Å². The normalized spacial score (nSPS) is 12.3. The van der Waals surface area contributed by atoms with Crippen molar-refractivity contribution in [1.82, 2.24) is 0 Å². The summed E-state index contributed by atoms with van der Waals surface area (Å²) in [5, 5.41) is 3.00. The zero-order valence-corrected chi connectivity index (χ0v) is 11.1. The minimum Gasteiger partial charge on any atom is -0.467 e. The molecule has 1 aromatic carbocycles. The van der Waals surface area contributed by atoms with Crippen LogP contribution in [0.25, 0.3) is 0 Å². The number of anilines is 2. The van der Waals surface area contributed by atoms with Gasteiger partial charge < -0.3 is 15.8 Å². The lowest BCUT2D eigenvalue weighted by molar-refractivity contribution is -0.142. The second kappa shape index (κ2) is 5.71. The van der Waals surface area contributed by atoms with Crippen LogP contribution in [0, 0.1) is 18.7 Å². The second-order valence-electron chi connectivity index (χ2n) is 4.58. The first-order chi connectivity index (χ1) is 8.36. The van der Waals surface area contributed by atoms with Crippen molar-refractivity contribution in [3.05, 3.63) is 23.5 Å². The summed E-state index contributed by atoms with van der Waals surface area (Å²) >= 11 is 0. The highest BCUT2D eigenvalue weighted by molar-refractivity contribution is 5.81. The monoisotopic (exact) mass is 254 g/mol. The van der Waals surface area contributed by atoms with Crippen LogP contribution in [0.4, 0.5) is 15.8 Å². The molecule has 0 aliphatic heterocycles. The first kappa shape index (κ1) is 14.3. The summed E-state index contributed by atoms with van der Waals surface area (Å²) in [5.41, 5.74) is 7.01. The van der Waals surface area contributed by atoms with Crippen LogP contribution in [-0.4, -0.2) is 19.1 Å². The Morgan fingerprint density at radius 1 is 1.44 bits per heavy atom. The van der Waals surface area contributed by atoms with Gasteiger partial charge in [0.15, 0.2) is 0 Å². The Morgan fingerprint density at radius 3 is 2.56 bits per heavy atom. The van der Waals surface area contributed by atoms with Crippen LogP contribution in [0.2, 0.25) is 0 Å². The maximum absolute atomic E-state index is 13.3. The van der Waals surface area contributed by atoms with Crippen LogP contribution in [0.1, 0.15) is 19.4 Å². The van der Waals surface area contributed by atoms with E-state index in [2.05, 4.69) is 5.32 Å². The van der Waals surface area contributed by atoms with Gasteiger partial charge in [0, 0.05) is 0 Å². The molecule has 0 amide bonds. The average Bonchev–Trinajstić information content (AvgIpc) is 2.30. The summed E-state index contributed by atoms with van der Waals surface area (Å²) in [6.45, 7) is 5.42. The van der Waals surface area contributed by atoms with Crippen LogP contribution in [-0.2, 0) is 9.53 Å². The van der Waals surface area contributed by atoms with Crippen LogP contribution in [0.15, 0.2) is 12.1 Å². The Bertz CT molecular complexity index is 447. The predicted molar refractivity (Wildman–Crippen MR) is 69.8 cm³/mol. The minimum absolute atomic E-state index is 0.0298. The first-order valence-corrected chi connectivity index (χ1v) is 5.76. The summed E-state index contributed by atoms with van der Waals surface area (Å²) in [7, 11) is 1.33. The van der Waals surface area contributed by atoms with Crippen molar-refractivity contribution in [1.29, 1.82) is 0 Å². The standard InChI is InChI=1S/C13H19FN2O2/c1-7(2)12(13(17)18-4)16-11-5-8(3)9(14)6-10(11)15/h5-7,12,16H,15H2,1-4H3. The molecule has 18 heavy (non-hydrogen) atoms. The molecule has 1 rings (SSSR count). The molecule has 0 spiro atoms. The molecule has 0 radical (unpaired) electrons. The Kier molecular flexibility index (Phi) is 4.53. The lowest BCUT2D eigenvalue weighted by atomic mass is 10.0. The van der Waals surface area contributed by atoms with Crippen molar-refractivity contribution >= 4 is 17.3 Å². The number of carbonyl (C=O) groups is 1. The fraction of sp³-hybridized carbons (Fsp3) is 0.462. The van der Waals surface area contributed by atoms with Gasteiger partial charge in [-0.15, -0.1) is 0 Å². The van der Waals surface area contributed by atoms with Crippen molar-refractivity contribution in [3.8, 4) is 0 Å². The van der Waals surface area contributed by atoms with Crippen molar-refractivity contribution in [2.75, 3.05) is 18.2 Å². The summed E-state index contributed by atoms with van der Waals surface area (Å²) in [6.07, 6.45) is 0. The molecule has 0 aliphatic carbocycles. The SMILES string of the molecule is COC(=O)C(Nc1cc(C)c(F)cc1N)C(C)C. The topological polar surface area (TPSA) is 64.3 Å². The number of hydrogen-bond acceptors (Lipinski definition) is 4. The number of hydrogen-bond donors (Lipinski definition) is 2. The van der Waals surface area contributed by atoms with Crippen LogP contribution < -0.4 is 11.1 Å². The molecular weight excluding hydrogens is 235 g/mol. The van der Waals surface area contributed by atoms with Crippen LogP contribution in [0.3, 0.4) is 0 Å². The summed E-state index contributed by atoms with van der Waals surface area (Å²) in [6, 6.07) is 2.32. The van der Waals surface area contributed by atoms with Gasteiger partial charge in [-0.05, 0) is 30.5 Å². The van der Waals surface area contributed by atoms with E-state index in [9.17, 15) is 9.18 Å². The van der Waals surface area contributed by atoms with E-state index < -0.39 is 6.04 Å². The number of nitrogens with two attached hydrogens (primary N) is 1. The van der Waals surface area contributed by atoms with Gasteiger partial charge in [-0.1, -0.05) is 13.8 Å². The van der Waals surface area contributed by atoms with E-state index in [0.717, 1.165) is 0 Å². The van der Waals surface area contributed by atoms with Crippen LogP contribution >= 0.6 is 0 Å². The summed E-state index contributed by atoms with van der Waals surface area (Å²) in [5.74, 6) is -0.703. The molecule has 1 atom stereocenters. The van der Waals surface area contributed by atoms with E-state index in [4.69, 9.17) is 10.5 Å². The third kappa shape index (κ3) is 3.12. The van der Waals surface area contributed by atoms with Gasteiger partial charge >= 0.3 is 5.97 Å². The number of halogens is 1. The fourth-order valence-corrected chi connectivity index (χ4v) is 1.61. The van der Waals surface area contributed by atoms with Crippen LogP contribution in [0.5, 0.6) is 0 Å². The molecular formula is C13H19FN2O2. The highest BCUT2D eigenvalue weighted by Gasteiger charge is 2.23. The average molecular weight is 254 g/mol. The van der Waals surface area contributed by atoms with E-state index in [-0.39, 0.29) is 23.4 Å². The van der Waals surface area contributed by atoms with E-state index >= 15 is 0 Å². The van der Waals surface area contributed by atoms with E-state index in [1.54, 1.807) is 13.0 Å². The largest absolute Gasteiger partial charge is 0.467 e. The number of aryl methyl sites for hydroxylation is 1. The van der Waals surface area contributed by atoms with Gasteiger partial charge in [-0.25, -0.2) is 9.18 Å². The maximum atomic E-state index is 13.3. The van der Waals surface area contributed by atoms with E-state index in [1.165, 1.54) is 13.2 Å². The van der Waals surface area contributed by atoms with Gasteiger partial charge in [0.1, 0.15) is 11.9 Å². The Morgan fingerprint density at radius 2 is 2.06 bits per heavy atom. The smallest absolute Gasteiger partial charge is 0.328 e. The van der Waals surface area contributed by atoms with Gasteiger partial charge in [-0.2, -0.15) is 0 Å². The summed E-state index contributed by atoms with van der Waals surface area (Å²) in [4.78, 5) is 11.6. The Labute approximate surface area is 106 Å². The molecule has 0 saturated heterocycles.